The Morgan fingerprint density at radius 3 is 2.57 bits per heavy atom. The van der Waals surface area contributed by atoms with Gasteiger partial charge in [-0.3, -0.25) is 0 Å². The van der Waals surface area contributed by atoms with Gasteiger partial charge in [0.2, 0.25) is 0 Å². The number of fused-ring (bicyclic) bond motifs is 6. The van der Waals surface area contributed by atoms with Crippen molar-refractivity contribution in [2.75, 3.05) is 13.1 Å². The van der Waals surface area contributed by atoms with E-state index in [0.29, 0.717) is 11.8 Å². The minimum atomic E-state index is -0.447. The van der Waals surface area contributed by atoms with E-state index in [0.717, 1.165) is 36.4 Å². The van der Waals surface area contributed by atoms with Gasteiger partial charge in [-0.05, 0) is 57.4 Å². The summed E-state index contributed by atoms with van der Waals surface area (Å²) in [6.07, 6.45) is 0.930. The predicted octanol–water partition coefficient (Wildman–Crippen LogP) is 3.69. The molecule has 5 nitrogen and oxygen atoms in total. The number of carbonyl (C=O) groups is 1. The zero-order valence-corrected chi connectivity index (χ0v) is 14.1. The molecule has 2 heterocycles. The maximum Gasteiger partial charge on any atom is 0.410 e. The number of aryl methyl sites for hydroxylation is 1. The number of nitrogens with one attached hydrogen (secondary N) is 1. The van der Waals surface area contributed by atoms with Crippen molar-refractivity contribution < 1.29 is 9.53 Å². The van der Waals surface area contributed by atoms with Crippen molar-refractivity contribution >= 4 is 17.1 Å². The lowest BCUT2D eigenvalue weighted by Gasteiger charge is -2.33. The van der Waals surface area contributed by atoms with E-state index < -0.39 is 5.60 Å². The summed E-state index contributed by atoms with van der Waals surface area (Å²) in [5.41, 5.74) is 4.41. The molecule has 1 amide bonds. The highest BCUT2D eigenvalue weighted by Crippen LogP contribution is 2.47. The molecule has 1 aromatic heterocycles. The molecule has 0 spiro atoms. The van der Waals surface area contributed by atoms with Crippen molar-refractivity contribution in [1.82, 2.24) is 14.9 Å². The SMILES string of the molecule is Cc1nc2cc3c(cc2[nH]1)C1CC3CN(C(=O)OC(C)(C)C)C1. The van der Waals surface area contributed by atoms with Crippen molar-refractivity contribution in [3.8, 4) is 0 Å². The van der Waals surface area contributed by atoms with Crippen molar-refractivity contribution in [3.05, 3.63) is 29.1 Å². The molecule has 1 saturated heterocycles. The van der Waals surface area contributed by atoms with Crippen LogP contribution in [0.3, 0.4) is 0 Å². The lowest BCUT2D eigenvalue weighted by atomic mass is 9.96. The Labute approximate surface area is 136 Å². The summed E-state index contributed by atoms with van der Waals surface area (Å²) < 4.78 is 5.55. The zero-order chi connectivity index (χ0) is 16.4. The van der Waals surface area contributed by atoms with Gasteiger partial charge >= 0.3 is 6.09 Å². The molecule has 1 fully saturated rings. The van der Waals surface area contributed by atoms with E-state index in [4.69, 9.17) is 4.74 Å². The molecule has 2 aromatic rings. The van der Waals surface area contributed by atoms with Gasteiger partial charge in [-0.1, -0.05) is 0 Å². The maximum absolute atomic E-state index is 12.4. The van der Waals surface area contributed by atoms with Crippen molar-refractivity contribution in [2.45, 2.75) is 51.6 Å². The van der Waals surface area contributed by atoms with E-state index >= 15 is 0 Å². The molecule has 122 valence electrons. The number of hydrogen-bond donors (Lipinski definition) is 1. The summed E-state index contributed by atoms with van der Waals surface area (Å²) in [6.45, 7) is 9.21. The van der Waals surface area contributed by atoms with Crippen LogP contribution in [0, 0.1) is 6.92 Å². The van der Waals surface area contributed by atoms with Gasteiger partial charge in [0, 0.05) is 24.9 Å². The molecule has 0 saturated carbocycles. The smallest absolute Gasteiger partial charge is 0.410 e. The van der Waals surface area contributed by atoms with E-state index in [1.165, 1.54) is 11.1 Å². The lowest BCUT2D eigenvalue weighted by Crippen LogP contribution is -2.42. The zero-order valence-electron chi connectivity index (χ0n) is 14.1. The molecule has 1 aliphatic carbocycles. The third-order valence-electron chi connectivity index (χ3n) is 4.79. The quantitative estimate of drug-likeness (QED) is 0.807. The molecule has 4 rings (SSSR count). The number of benzene rings is 1. The van der Waals surface area contributed by atoms with Crippen LogP contribution >= 0.6 is 0 Å². The van der Waals surface area contributed by atoms with Gasteiger partial charge in [-0.15, -0.1) is 0 Å². The van der Waals surface area contributed by atoms with Gasteiger partial charge in [-0.25, -0.2) is 9.78 Å². The first-order valence-electron chi connectivity index (χ1n) is 8.28. The molecule has 2 aliphatic rings. The minimum absolute atomic E-state index is 0.195. The molecule has 1 aromatic carbocycles. The first kappa shape index (κ1) is 14.5. The molecule has 2 atom stereocenters. The number of hydrogen-bond acceptors (Lipinski definition) is 3. The first-order chi connectivity index (χ1) is 10.8. The molecule has 2 bridgehead atoms. The normalized spacial score (nSPS) is 23.2. The van der Waals surface area contributed by atoms with Crippen LogP contribution in [0.2, 0.25) is 0 Å². The van der Waals surface area contributed by atoms with E-state index in [1.807, 2.05) is 32.6 Å². The number of amides is 1. The summed E-state index contributed by atoms with van der Waals surface area (Å²) >= 11 is 0. The molecule has 5 heteroatoms. The van der Waals surface area contributed by atoms with Crippen molar-refractivity contribution in [2.24, 2.45) is 0 Å². The minimum Gasteiger partial charge on any atom is -0.444 e. The first-order valence-corrected chi connectivity index (χ1v) is 8.28. The summed E-state index contributed by atoms with van der Waals surface area (Å²) in [6, 6.07) is 4.44. The Morgan fingerprint density at radius 2 is 1.91 bits per heavy atom. The number of imidazole rings is 1. The number of carbonyl (C=O) groups excluding carboxylic acids is 1. The molecular formula is C18H23N3O2. The van der Waals surface area contributed by atoms with Crippen molar-refractivity contribution in [3.63, 3.8) is 0 Å². The van der Waals surface area contributed by atoms with Crippen molar-refractivity contribution in [1.29, 1.82) is 0 Å². The lowest BCUT2D eigenvalue weighted by molar-refractivity contribution is 0.0193. The number of aromatic nitrogens is 2. The highest BCUT2D eigenvalue weighted by atomic mass is 16.6. The Morgan fingerprint density at radius 1 is 1.26 bits per heavy atom. The molecule has 0 radical (unpaired) electrons. The molecule has 23 heavy (non-hydrogen) atoms. The topological polar surface area (TPSA) is 58.2 Å². The van der Waals surface area contributed by atoms with Gasteiger partial charge in [0.1, 0.15) is 11.4 Å². The Kier molecular flexibility index (Phi) is 2.99. The van der Waals surface area contributed by atoms with Crippen LogP contribution in [0.5, 0.6) is 0 Å². The molecule has 2 unspecified atom stereocenters. The summed E-state index contributed by atoms with van der Waals surface area (Å²) in [5.74, 6) is 1.76. The maximum atomic E-state index is 12.4. The fourth-order valence-corrected chi connectivity index (χ4v) is 3.95. The summed E-state index contributed by atoms with van der Waals surface area (Å²) in [5, 5.41) is 0. The van der Waals surface area contributed by atoms with Crippen LogP contribution in [0.4, 0.5) is 4.79 Å². The van der Waals surface area contributed by atoms with Gasteiger partial charge in [0.15, 0.2) is 0 Å². The monoisotopic (exact) mass is 313 g/mol. The van der Waals surface area contributed by atoms with E-state index in [1.54, 1.807) is 0 Å². The average Bonchev–Trinajstić information content (AvgIpc) is 2.92. The van der Waals surface area contributed by atoms with Crippen LogP contribution in [0.1, 0.15) is 56.0 Å². The second-order valence-electron chi connectivity index (χ2n) is 7.84. The number of rotatable bonds is 0. The van der Waals surface area contributed by atoms with E-state index in [2.05, 4.69) is 22.1 Å². The molecule has 1 aliphatic heterocycles. The number of aromatic amines is 1. The number of H-pyrrole nitrogens is 1. The Balaban J connectivity index is 1.63. The second-order valence-corrected chi connectivity index (χ2v) is 7.84. The van der Waals surface area contributed by atoms with Crippen LogP contribution in [-0.2, 0) is 4.74 Å². The Bertz CT molecular complexity index is 738. The number of ether oxygens (including phenoxy) is 1. The number of piperidine rings is 1. The largest absolute Gasteiger partial charge is 0.444 e. The van der Waals surface area contributed by atoms with Crippen LogP contribution in [-0.4, -0.2) is 39.7 Å². The highest BCUT2D eigenvalue weighted by molar-refractivity contribution is 5.79. The van der Waals surface area contributed by atoms with E-state index in [-0.39, 0.29) is 6.09 Å². The number of likely N-dealkylation sites (tertiary alicyclic amines) is 1. The second kappa shape index (κ2) is 4.73. The van der Waals surface area contributed by atoms with Gasteiger partial charge in [0.25, 0.3) is 0 Å². The fraction of sp³-hybridized carbons (Fsp3) is 0.556. The fourth-order valence-electron chi connectivity index (χ4n) is 3.95. The van der Waals surface area contributed by atoms with Crippen LogP contribution in [0.15, 0.2) is 12.1 Å². The molecule has 1 N–H and O–H groups in total. The average molecular weight is 313 g/mol. The molecular weight excluding hydrogens is 290 g/mol. The van der Waals surface area contributed by atoms with Gasteiger partial charge in [-0.2, -0.15) is 0 Å². The standard InChI is InChI=1S/C18H23N3O2/c1-10-19-15-6-13-11-5-12(14(13)7-16(15)20-10)9-21(8-11)17(22)23-18(2,3)4/h6-7,11-12H,5,8-9H2,1-4H3,(H,19,20). The third-order valence-corrected chi connectivity index (χ3v) is 4.79. The summed E-state index contributed by atoms with van der Waals surface area (Å²) in [4.78, 5) is 22.1. The predicted molar refractivity (Wildman–Crippen MR) is 88.7 cm³/mol. The highest BCUT2D eigenvalue weighted by Gasteiger charge is 2.40. The van der Waals surface area contributed by atoms with Crippen LogP contribution < -0.4 is 0 Å². The Hall–Kier alpha value is -2.04. The van der Waals surface area contributed by atoms with Gasteiger partial charge in [0.05, 0.1) is 11.0 Å². The summed E-state index contributed by atoms with van der Waals surface area (Å²) in [7, 11) is 0. The third kappa shape index (κ3) is 2.48. The van der Waals surface area contributed by atoms with Gasteiger partial charge < -0.3 is 14.6 Å². The van der Waals surface area contributed by atoms with Crippen LogP contribution in [0.25, 0.3) is 11.0 Å². The number of nitrogens with zero attached hydrogens (tertiary/aromatic N) is 2. The van der Waals surface area contributed by atoms with E-state index in [9.17, 15) is 4.79 Å².